The summed E-state index contributed by atoms with van der Waals surface area (Å²) >= 11 is 0. The van der Waals surface area contributed by atoms with Crippen molar-refractivity contribution in [2.75, 3.05) is 6.61 Å². The lowest BCUT2D eigenvalue weighted by Crippen LogP contribution is -2.56. The summed E-state index contributed by atoms with van der Waals surface area (Å²) in [4.78, 5) is 12.2. The topological polar surface area (TPSA) is 114 Å². The molecular weight excluding hydrogens is 455 g/mol. The molecule has 2 fully saturated rings. The van der Waals surface area contributed by atoms with E-state index in [1.807, 2.05) is 30.3 Å². The fourth-order valence-electron chi connectivity index (χ4n) is 4.20. The van der Waals surface area contributed by atoms with Crippen LogP contribution in [0.3, 0.4) is 0 Å². The van der Waals surface area contributed by atoms with E-state index in [1.54, 1.807) is 0 Å². The van der Waals surface area contributed by atoms with E-state index in [1.165, 1.54) is 10.9 Å². The van der Waals surface area contributed by atoms with Gasteiger partial charge in [0.2, 0.25) is 0 Å². The third-order valence-corrected chi connectivity index (χ3v) is 5.87. The molecule has 0 aliphatic carbocycles. The van der Waals surface area contributed by atoms with Crippen LogP contribution in [0.1, 0.15) is 24.3 Å². The molecule has 34 heavy (non-hydrogen) atoms. The van der Waals surface area contributed by atoms with Gasteiger partial charge in [-0.25, -0.2) is 23.7 Å². The summed E-state index contributed by atoms with van der Waals surface area (Å²) in [7, 11) is 0. The van der Waals surface area contributed by atoms with Crippen molar-refractivity contribution < 1.29 is 32.2 Å². The van der Waals surface area contributed by atoms with Crippen molar-refractivity contribution in [2.45, 2.75) is 37.1 Å². The van der Waals surface area contributed by atoms with E-state index in [-0.39, 0.29) is 24.3 Å². The highest BCUT2D eigenvalue weighted by Crippen LogP contribution is 2.39. The van der Waals surface area contributed by atoms with Crippen molar-refractivity contribution in [3.8, 4) is 11.3 Å². The van der Waals surface area contributed by atoms with E-state index in [9.17, 15) is 18.0 Å². The summed E-state index contributed by atoms with van der Waals surface area (Å²) in [5.74, 6) is 0.518. The first kappa shape index (κ1) is 22.5. The summed E-state index contributed by atoms with van der Waals surface area (Å²) in [5, 5.41) is 8.08. The van der Waals surface area contributed by atoms with Crippen LogP contribution >= 0.6 is 0 Å². The maximum Gasteiger partial charge on any atom is 0.263 e. The van der Waals surface area contributed by atoms with E-state index in [0.29, 0.717) is 0 Å². The molecule has 5 atom stereocenters. The Morgan fingerprint density at radius 2 is 1.85 bits per heavy atom. The monoisotopic (exact) mass is 475 g/mol. The van der Waals surface area contributed by atoms with Crippen molar-refractivity contribution in [3.63, 3.8) is 0 Å². The minimum absolute atomic E-state index is 0.0116. The number of hydrogen-bond acceptors (Lipinski definition) is 7. The SMILES string of the molecule is NNC(=O)C1CC(n2cc(-c3cc(F)c(F)c(F)c3)nn2)C2OC(c3ccccc3)OCC2O1. The molecule has 12 heteroatoms. The molecule has 3 heterocycles. The van der Waals surface area contributed by atoms with Crippen LogP contribution in [0.15, 0.2) is 48.7 Å². The zero-order valence-corrected chi connectivity index (χ0v) is 17.6. The highest BCUT2D eigenvalue weighted by molar-refractivity contribution is 5.80. The number of rotatable bonds is 4. The molecule has 0 spiro atoms. The van der Waals surface area contributed by atoms with E-state index in [0.717, 1.165) is 17.7 Å². The van der Waals surface area contributed by atoms with Crippen LogP contribution in [0, 0.1) is 17.5 Å². The number of nitrogens with one attached hydrogen (secondary N) is 1. The second-order valence-electron chi connectivity index (χ2n) is 7.99. The number of ether oxygens (including phenoxy) is 3. The van der Waals surface area contributed by atoms with Gasteiger partial charge in [-0.15, -0.1) is 5.10 Å². The molecule has 5 unspecified atom stereocenters. The Morgan fingerprint density at radius 1 is 1.12 bits per heavy atom. The van der Waals surface area contributed by atoms with Crippen molar-refractivity contribution in [3.05, 3.63) is 71.7 Å². The van der Waals surface area contributed by atoms with Crippen LogP contribution in [0.4, 0.5) is 13.2 Å². The van der Waals surface area contributed by atoms with Gasteiger partial charge >= 0.3 is 0 Å². The number of hydrogen-bond donors (Lipinski definition) is 2. The number of aromatic nitrogens is 3. The zero-order chi connectivity index (χ0) is 23.8. The van der Waals surface area contributed by atoms with Gasteiger partial charge in [0.15, 0.2) is 23.7 Å². The summed E-state index contributed by atoms with van der Waals surface area (Å²) in [6.45, 7) is 0.144. The molecule has 178 valence electrons. The minimum Gasteiger partial charge on any atom is -0.360 e. The number of carbonyl (C=O) groups excluding carboxylic acids is 1. The first-order chi connectivity index (χ1) is 16.4. The van der Waals surface area contributed by atoms with E-state index in [2.05, 4.69) is 15.7 Å². The van der Waals surface area contributed by atoms with Gasteiger partial charge in [-0.1, -0.05) is 35.5 Å². The minimum atomic E-state index is -1.57. The van der Waals surface area contributed by atoms with Gasteiger partial charge in [-0.3, -0.25) is 10.2 Å². The molecule has 0 radical (unpaired) electrons. The molecule has 3 N–H and O–H groups in total. The predicted octanol–water partition coefficient (Wildman–Crippen LogP) is 2.17. The molecule has 2 aliphatic rings. The second kappa shape index (κ2) is 9.14. The van der Waals surface area contributed by atoms with E-state index >= 15 is 0 Å². The number of amides is 1. The normalized spacial score (nSPS) is 26.6. The first-order valence-corrected chi connectivity index (χ1v) is 10.5. The Morgan fingerprint density at radius 3 is 2.56 bits per heavy atom. The molecule has 0 saturated carbocycles. The molecule has 5 rings (SSSR count). The van der Waals surface area contributed by atoms with Crippen LogP contribution in [0.5, 0.6) is 0 Å². The molecule has 3 aromatic rings. The lowest BCUT2D eigenvalue weighted by atomic mass is 9.94. The Bertz CT molecular complexity index is 1170. The quantitative estimate of drug-likeness (QED) is 0.257. The molecule has 9 nitrogen and oxygen atoms in total. The summed E-state index contributed by atoms with van der Waals surface area (Å²) in [6.07, 6.45) is -1.19. The number of carbonyl (C=O) groups is 1. The predicted molar refractivity (Wildman–Crippen MR) is 110 cm³/mol. The summed E-state index contributed by atoms with van der Waals surface area (Å²) in [5.41, 5.74) is 3.01. The van der Waals surface area contributed by atoms with Crippen LogP contribution in [0.2, 0.25) is 0 Å². The Kier molecular flexibility index (Phi) is 6.04. The van der Waals surface area contributed by atoms with Crippen molar-refractivity contribution in [1.82, 2.24) is 20.4 Å². The maximum atomic E-state index is 13.7. The number of hydrazine groups is 1. The first-order valence-electron chi connectivity index (χ1n) is 10.5. The van der Waals surface area contributed by atoms with Crippen LogP contribution in [0.25, 0.3) is 11.3 Å². The van der Waals surface area contributed by atoms with Crippen molar-refractivity contribution in [1.29, 1.82) is 0 Å². The Hall–Kier alpha value is -3.32. The van der Waals surface area contributed by atoms with Crippen molar-refractivity contribution in [2.24, 2.45) is 5.84 Å². The highest BCUT2D eigenvalue weighted by atomic mass is 19.2. The zero-order valence-electron chi connectivity index (χ0n) is 17.6. The third kappa shape index (κ3) is 4.16. The van der Waals surface area contributed by atoms with Gasteiger partial charge in [0.25, 0.3) is 5.91 Å². The van der Waals surface area contributed by atoms with Crippen LogP contribution < -0.4 is 11.3 Å². The number of benzene rings is 2. The lowest BCUT2D eigenvalue weighted by molar-refractivity contribution is -0.297. The molecule has 2 saturated heterocycles. The molecule has 1 aromatic heterocycles. The fraction of sp³-hybridized carbons (Fsp3) is 0.318. The molecule has 2 aromatic carbocycles. The standard InChI is InChI=1S/C22H20F3N5O4/c23-13-6-12(7-14(24)19(13)25)15-9-30(29-28-15)16-8-17(21(31)27-26)33-18-10-32-22(34-20(16)18)11-4-2-1-3-5-11/h1-7,9,16-18,20,22H,8,10,26H2,(H,27,31). The van der Waals surface area contributed by atoms with Crippen LogP contribution in [-0.4, -0.2) is 45.8 Å². The molecule has 0 bridgehead atoms. The third-order valence-electron chi connectivity index (χ3n) is 5.87. The highest BCUT2D eigenvalue weighted by Gasteiger charge is 2.47. The number of halogens is 3. The van der Waals surface area contributed by atoms with Gasteiger partial charge in [0, 0.05) is 17.5 Å². The lowest BCUT2D eigenvalue weighted by Gasteiger charge is -2.45. The fourth-order valence-corrected chi connectivity index (χ4v) is 4.20. The van der Waals surface area contributed by atoms with Gasteiger partial charge < -0.3 is 14.2 Å². The smallest absolute Gasteiger partial charge is 0.263 e. The van der Waals surface area contributed by atoms with E-state index in [4.69, 9.17) is 20.1 Å². The average Bonchev–Trinajstić information content (AvgIpc) is 3.36. The largest absolute Gasteiger partial charge is 0.360 e. The maximum absolute atomic E-state index is 13.7. The second-order valence-corrected chi connectivity index (χ2v) is 7.99. The summed E-state index contributed by atoms with van der Waals surface area (Å²) in [6, 6.07) is 10.4. The van der Waals surface area contributed by atoms with Gasteiger partial charge in [0.05, 0.1) is 18.8 Å². The average molecular weight is 475 g/mol. The molecule has 1 amide bonds. The Labute approximate surface area is 191 Å². The van der Waals surface area contributed by atoms with Gasteiger partial charge in [-0.05, 0) is 12.1 Å². The van der Waals surface area contributed by atoms with Crippen molar-refractivity contribution >= 4 is 5.91 Å². The van der Waals surface area contributed by atoms with Crippen LogP contribution in [-0.2, 0) is 19.0 Å². The number of nitrogens with two attached hydrogens (primary N) is 1. The molecular formula is C22H20F3N5O4. The van der Waals surface area contributed by atoms with Gasteiger partial charge in [0.1, 0.15) is 24.0 Å². The van der Waals surface area contributed by atoms with Gasteiger partial charge in [-0.2, -0.15) is 0 Å². The van der Waals surface area contributed by atoms with E-state index < -0.39 is 54.0 Å². The number of fused-ring (bicyclic) bond motifs is 1. The summed E-state index contributed by atoms with van der Waals surface area (Å²) < 4.78 is 60.1. The Balaban J connectivity index is 1.46. The molecule has 2 aliphatic heterocycles. The number of nitrogens with zero attached hydrogens (tertiary/aromatic N) is 3.